The highest BCUT2D eigenvalue weighted by molar-refractivity contribution is 7.89. The summed E-state index contributed by atoms with van der Waals surface area (Å²) in [7, 11) is -2.50. The molecule has 1 aromatic carbocycles. The number of ether oxygens (including phenoxy) is 1. The number of thiophene rings is 1. The predicted molar refractivity (Wildman–Crippen MR) is 143 cm³/mol. The molecule has 0 saturated heterocycles. The molecule has 0 saturated carbocycles. The second-order valence-electron chi connectivity index (χ2n) is 8.60. The van der Waals surface area contributed by atoms with Gasteiger partial charge in [-0.3, -0.25) is 19.8 Å². The van der Waals surface area contributed by atoms with Crippen molar-refractivity contribution in [1.82, 2.24) is 14.5 Å². The van der Waals surface area contributed by atoms with Crippen LogP contribution in [0.15, 0.2) is 29.2 Å². The minimum absolute atomic E-state index is 0.117. The van der Waals surface area contributed by atoms with Gasteiger partial charge in [-0.2, -0.15) is 4.31 Å². The number of carbonyl (C=O) groups is 3. The minimum atomic E-state index is -3.66. The maximum atomic E-state index is 13.1. The number of alkyl carbamates (subject to hydrolysis) is 1. The van der Waals surface area contributed by atoms with Crippen LogP contribution in [-0.4, -0.2) is 68.8 Å². The summed E-state index contributed by atoms with van der Waals surface area (Å²) >= 11 is 1.30. The van der Waals surface area contributed by atoms with Crippen molar-refractivity contribution in [3.8, 4) is 0 Å². The number of sulfonamides is 1. The highest BCUT2D eigenvalue weighted by Gasteiger charge is 2.30. The lowest BCUT2D eigenvalue weighted by molar-refractivity contribution is 0.0936. The van der Waals surface area contributed by atoms with Crippen LogP contribution in [0.1, 0.15) is 64.8 Å². The van der Waals surface area contributed by atoms with E-state index in [0.29, 0.717) is 31.1 Å². The summed E-state index contributed by atoms with van der Waals surface area (Å²) in [5, 5.41) is 5.32. The van der Waals surface area contributed by atoms with Gasteiger partial charge in [0, 0.05) is 36.6 Å². The molecule has 0 spiro atoms. The smallest absolute Gasteiger partial charge is 0.413 e. The monoisotopic (exact) mass is 550 g/mol. The van der Waals surface area contributed by atoms with Crippen LogP contribution in [0.2, 0.25) is 0 Å². The van der Waals surface area contributed by atoms with Crippen LogP contribution in [0.5, 0.6) is 0 Å². The molecule has 202 valence electrons. The first kappa shape index (κ1) is 28.8. The van der Waals surface area contributed by atoms with E-state index in [1.165, 1.54) is 47.0 Å². The molecule has 1 aliphatic heterocycles. The zero-order valence-electron chi connectivity index (χ0n) is 21.6. The number of imide groups is 1. The maximum absolute atomic E-state index is 13.1. The second kappa shape index (κ2) is 12.6. The Morgan fingerprint density at radius 1 is 1.11 bits per heavy atom. The van der Waals surface area contributed by atoms with Crippen molar-refractivity contribution < 1.29 is 27.5 Å². The van der Waals surface area contributed by atoms with Crippen LogP contribution in [0.4, 0.5) is 9.80 Å². The van der Waals surface area contributed by atoms with Gasteiger partial charge in [0.25, 0.3) is 11.8 Å². The number of methoxy groups -OCH3 is 1. The molecule has 10 nitrogen and oxygen atoms in total. The third-order valence-corrected chi connectivity index (χ3v) is 9.43. The van der Waals surface area contributed by atoms with Gasteiger partial charge in [-0.05, 0) is 49.2 Å². The van der Waals surface area contributed by atoms with E-state index in [9.17, 15) is 22.8 Å². The average Bonchev–Trinajstić information content (AvgIpc) is 3.25. The highest BCUT2D eigenvalue weighted by atomic mass is 32.2. The van der Waals surface area contributed by atoms with Gasteiger partial charge >= 0.3 is 6.09 Å². The topological polar surface area (TPSA) is 125 Å². The molecule has 3 amide bonds. The van der Waals surface area contributed by atoms with E-state index < -0.39 is 27.9 Å². The lowest BCUT2D eigenvalue weighted by Crippen LogP contribution is -2.33. The number of hydrogen-bond donors (Lipinski definition) is 2. The lowest BCUT2D eigenvalue weighted by Gasteiger charge is -2.25. The summed E-state index contributed by atoms with van der Waals surface area (Å²) in [5.41, 5.74) is 1.30. The van der Waals surface area contributed by atoms with Crippen LogP contribution in [0, 0.1) is 0 Å². The van der Waals surface area contributed by atoms with E-state index in [4.69, 9.17) is 0 Å². The first-order chi connectivity index (χ1) is 17.7. The summed E-state index contributed by atoms with van der Waals surface area (Å²) in [4.78, 5) is 41.0. The molecule has 3 rings (SSSR count). The summed E-state index contributed by atoms with van der Waals surface area (Å²) < 4.78 is 31.9. The number of carbonyl (C=O) groups excluding carboxylic acids is 3. The van der Waals surface area contributed by atoms with Crippen molar-refractivity contribution >= 4 is 44.3 Å². The largest absolute Gasteiger partial charge is 0.453 e. The Kier molecular flexibility index (Phi) is 9.82. The molecule has 2 N–H and O–H groups in total. The molecule has 1 aromatic heterocycles. The summed E-state index contributed by atoms with van der Waals surface area (Å²) in [6, 6.07) is 5.75. The number of unbranched alkanes of at least 4 members (excludes halogenated alkanes) is 1. The number of amides is 3. The number of benzene rings is 1. The van der Waals surface area contributed by atoms with Gasteiger partial charge < -0.3 is 10.1 Å². The van der Waals surface area contributed by atoms with Crippen molar-refractivity contribution in [3.63, 3.8) is 0 Å². The fourth-order valence-electron chi connectivity index (χ4n) is 4.15. The van der Waals surface area contributed by atoms with Crippen molar-refractivity contribution in [2.45, 2.75) is 51.5 Å². The van der Waals surface area contributed by atoms with Gasteiger partial charge in [0.05, 0.1) is 17.6 Å². The molecule has 0 unspecified atom stereocenters. The lowest BCUT2D eigenvalue weighted by atomic mass is 10.0. The van der Waals surface area contributed by atoms with E-state index in [2.05, 4.69) is 27.2 Å². The Bertz CT molecular complexity index is 1240. The van der Waals surface area contributed by atoms with Crippen molar-refractivity contribution in [2.24, 2.45) is 0 Å². The van der Waals surface area contributed by atoms with E-state index in [1.807, 2.05) is 6.92 Å². The molecular weight excluding hydrogens is 516 g/mol. The van der Waals surface area contributed by atoms with Crippen LogP contribution >= 0.6 is 11.3 Å². The molecule has 37 heavy (non-hydrogen) atoms. The molecular formula is C25H34N4O6S2. The fourth-order valence-corrected chi connectivity index (χ4v) is 6.92. The molecule has 0 radical (unpaired) electrons. The predicted octanol–water partition coefficient (Wildman–Crippen LogP) is 3.69. The third-order valence-electron chi connectivity index (χ3n) is 6.31. The number of anilines is 1. The van der Waals surface area contributed by atoms with Gasteiger partial charge in [-0.15, -0.1) is 11.3 Å². The van der Waals surface area contributed by atoms with Crippen LogP contribution in [0.25, 0.3) is 0 Å². The number of nitrogens with one attached hydrogen (secondary N) is 2. The standard InChI is InChI=1S/C25H34N4O6S2/c1-5-8-14-29(7-3)37(33,34)18-11-9-17(10-12-18)22(30)26-24-21(23(31)27-25(32)35-4)19-13-15-28(6-2)16-20(19)36-24/h9-12H,5-8,13-16H2,1-4H3,(H,26,30)(H,27,31,32). The van der Waals surface area contributed by atoms with E-state index in [-0.39, 0.29) is 16.0 Å². The summed E-state index contributed by atoms with van der Waals surface area (Å²) in [6.45, 7) is 8.90. The quantitative estimate of drug-likeness (QED) is 0.462. The van der Waals surface area contributed by atoms with E-state index in [0.717, 1.165) is 36.4 Å². The highest BCUT2D eigenvalue weighted by Crippen LogP contribution is 2.37. The van der Waals surface area contributed by atoms with Gasteiger partial charge in [-0.25, -0.2) is 13.2 Å². The maximum Gasteiger partial charge on any atom is 0.413 e. The van der Waals surface area contributed by atoms with Crippen molar-refractivity contribution in [3.05, 3.63) is 45.8 Å². The molecule has 0 fully saturated rings. The van der Waals surface area contributed by atoms with Crippen LogP contribution in [-0.2, 0) is 27.7 Å². The van der Waals surface area contributed by atoms with E-state index >= 15 is 0 Å². The zero-order chi connectivity index (χ0) is 27.2. The molecule has 2 heterocycles. The number of likely N-dealkylation sites (N-methyl/N-ethyl adjacent to an activating group) is 1. The van der Waals surface area contributed by atoms with Crippen LogP contribution in [0.3, 0.4) is 0 Å². The number of nitrogens with zero attached hydrogens (tertiary/aromatic N) is 2. The number of fused-ring (bicyclic) bond motifs is 1. The third kappa shape index (κ3) is 6.56. The number of hydrogen-bond acceptors (Lipinski definition) is 8. The summed E-state index contributed by atoms with van der Waals surface area (Å²) in [6.07, 6.45) is 1.37. The Labute approximate surface area is 222 Å². The van der Waals surface area contributed by atoms with Gasteiger partial charge in [-0.1, -0.05) is 27.2 Å². The van der Waals surface area contributed by atoms with Crippen LogP contribution < -0.4 is 10.6 Å². The van der Waals surface area contributed by atoms with Crippen molar-refractivity contribution in [2.75, 3.05) is 38.6 Å². The average molecular weight is 551 g/mol. The zero-order valence-corrected chi connectivity index (χ0v) is 23.3. The molecule has 2 aromatic rings. The first-order valence-corrected chi connectivity index (χ1v) is 14.6. The van der Waals surface area contributed by atoms with Gasteiger partial charge in [0.15, 0.2) is 0 Å². The molecule has 0 bridgehead atoms. The van der Waals surface area contributed by atoms with E-state index in [1.54, 1.807) is 6.92 Å². The molecule has 0 atom stereocenters. The number of rotatable bonds is 10. The molecule has 0 aliphatic carbocycles. The van der Waals surface area contributed by atoms with Gasteiger partial charge in [0.1, 0.15) is 5.00 Å². The normalized spacial score (nSPS) is 13.8. The first-order valence-electron chi connectivity index (χ1n) is 12.3. The Morgan fingerprint density at radius 3 is 2.41 bits per heavy atom. The molecule has 12 heteroatoms. The Balaban J connectivity index is 1.86. The second-order valence-corrected chi connectivity index (χ2v) is 11.6. The fraction of sp³-hybridized carbons (Fsp3) is 0.480. The Morgan fingerprint density at radius 2 is 1.81 bits per heavy atom. The molecule has 1 aliphatic rings. The Hall–Kier alpha value is -2.80. The SMILES string of the molecule is CCCCN(CC)S(=O)(=O)c1ccc(C(=O)Nc2sc3c(c2C(=O)NC(=O)OC)CCN(CC)C3)cc1. The van der Waals surface area contributed by atoms with Crippen molar-refractivity contribution in [1.29, 1.82) is 0 Å². The summed E-state index contributed by atoms with van der Waals surface area (Å²) in [5.74, 6) is -1.13. The van der Waals surface area contributed by atoms with Gasteiger partial charge in [0.2, 0.25) is 10.0 Å². The minimum Gasteiger partial charge on any atom is -0.453 e.